The van der Waals surface area contributed by atoms with E-state index in [4.69, 9.17) is 11.6 Å². The first-order chi connectivity index (χ1) is 5.74. The number of nitrogens with zero attached hydrogens (tertiary/aromatic N) is 1. The summed E-state index contributed by atoms with van der Waals surface area (Å²) in [4.78, 5) is 12.6. The van der Waals surface area contributed by atoms with Gasteiger partial charge in [0.25, 0.3) is 0 Å². The fourth-order valence-electron chi connectivity index (χ4n) is 0.742. The molecule has 4 heteroatoms. The lowest BCUT2D eigenvalue weighted by Gasteiger charge is -1.99. The smallest absolute Gasteiger partial charge is 0.215 e. The molecule has 0 radical (unpaired) electrons. The van der Waals surface area contributed by atoms with Gasteiger partial charge in [-0.2, -0.15) is 4.99 Å². The predicted octanol–water partition coefficient (Wildman–Crippen LogP) is 2.64. The topological polar surface area (TPSA) is 29.4 Å². The number of aliphatic imine (C=N–C) groups is 1. The number of isocyanates is 1. The van der Waals surface area contributed by atoms with Gasteiger partial charge in [-0.3, -0.25) is 0 Å². The van der Waals surface area contributed by atoms with Gasteiger partial charge in [0.15, 0.2) is 0 Å². The molecule has 1 aromatic carbocycles. The van der Waals surface area contributed by atoms with Gasteiger partial charge >= 0.3 is 0 Å². The summed E-state index contributed by atoms with van der Waals surface area (Å²) < 4.78 is 12.8. The highest BCUT2D eigenvalue weighted by Crippen LogP contribution is 2.19. The Hall–Kier alpha value is -1.18. The summed E-state index contributed by atoms with van der Waals surface area (Å²) in [5.74, 6) is 0. The Kier molecular flexibility index (Phi) is 2.97. The summed E-state index contributed by atoms with van der Waals surface area (Å²) in [5.41, 5.74) is 0.294. The van der Waals surface area contributed by atoms with Crippen molar-refractivity contribution < 1.29 is 9.18 Å². The van der Waals surface area contributed by atoms with Gasteiger partial charge in [-0.1, -0.05) is 23.7 Å². The minimum Gasteiger partial charge on any atom is -0.215 e. The van der Waals surface area contributed by atoms with Crippen molar-refractivity contribution in [2.24, 2.45) is 4.99 Å². The number of hydrogen-bond donors (Lipinski definition) is 0. The van der Waals surface area contributed by atoms with E-state index < -0.39 is 6.30 Å². The van der Waals surface area contributed by atoms with E-state index in [-0.39, 0.29) is 0 Å². The molecule has 0 spiro atoms. The van der Waals surface area contributed by atoms with E-state index in [0.717, 1.165) is 6.08 Å². The maximum Gasteiger partial charge on any atom is 0.238 e. The van der Waals surface area contributed by atoms with Gasteiger partial charge in [0.2, 0.25) is 12.4 Å². The quantitative estimate of drug-likeness (QED) is 0.396. The van der Waals surface area contributed by atoms with Gasteiger partial charge in [-0.05, 0) is 12.1 Å². The van der Waals surface area contributed by atoms with E-state index in [1.165, 1.54) is 24.3 Å². The molecule has 0 saturated carbocycles. The average molecular weight is 186 g/mol. The number of halogens is 2. The molecule has 62 valence electrons. The van der Waals surface area contributed by atoms with Crippen LogP contribution in [0, 0.1) is 0 Å². The summed E-state index contributed by atoms with van der Waals surface area (Å²) in [6, 6.07) is 6.00. The van der Waals surface area contributed by atoms with Gasteiger partial charge in [-0.25, -0.2) is 9.18 Å². The molecule has 12 heavy (non-hydrogen) atoms. The Balaban J connectivity index is 2.89. The van der Waals surface area contributed by atoms with Gasteiger partial charge < -0.3 is 0 Å². The van der Waals surface area contributed by atoms with Crippen LogP contribution in [0.5, 0.6) is 0 Å². The molecule has 1 unspecified atom stereocenters. The highest BCUT2D eigenvalue weighted by molar-refractivity contribution is 6.30. The van der Waals surface area contributed by atoms with Gasteiger partial charge in [0.1, 0.15) is 0 Å². The van der Waals surface area contributed by atoms with E-state index in [1.807, 2.05) is 0 Å². The van der Waals surface area contributed by atoms with Gasteiger partial charge in [-0.15, -0.1) is 0 Å². The Morgan fingerprint density at radius 2 is 2.00 bits per heavy atom. The van der Waals surface area contributed by atoms with Crippen molar-refractivity contribution in [2.45, 2.75) is 6.30 Å². The Bertz CT molecular complexity index is 305. The Morgan fingerprint density at radius 3 is 2.50 bits per heavy atom. The summed E-state index contributed by atoms with van der Waals surface area (Å²) in [5, 5.41) is 0.515. The second-order valence-electron chi connectivity index (χ2n) is 2.11. The molecule has 0 aromatic heterocycles. The van der Waals surface area contributed by atoms with Gasteiger partial charge in [0.05, 0.1) is 0 Å². The normalized spacial score (nSPS) is 11.8. The molecule has 0 bridgehead atoms. The van der Waals surface area contributed by atoms with Crippen molar-refractivity contribution in [3.05, 3.63) is 34.9 Å². The zero-order valence-electron chi connectivity index (χ0n) is 6.00. The predicted molar refractivity (Wildman–Crippen MR) is 43.4 cm³/mol. The SMILES string of the molecule is O=C=NC(F)c1ccc(Cl)cc1. The molecular formula is C8H5ClFNO. The Labute approximate surface area is 73.7 Å². The molecule has 0 fully saturated rings. The highest BCUT2D eigenvalue weighted by Gasteiger charge is 2.05. The molecule has 0 aliphatic heterocycles. The van der Waals surface area contributed by atoms with Crippen LogP contribution in [0.4, 0.5) is 4.39 Å². The van der Waals surface area contributed by atoms with Crippen molar-refractivity contribution in [3.63, 3.8) is 0 Å². The molecule has 2 nitrogen and oxygen atoms in total. The van der Waals surface area contributed by atoms with Gasteiger partial charge in [0, 0.05) is 10.6 Å². The number of rotatable bonds is 2. The van der Waals surface area contributed by atoms with Crippen LogP contribution >= 0.6 is 11.6 Å². The number of carbonyl (C=O) groups excluding carboxylic acids is 1. The van der Waals surface area contributed by atoms with Crippen LogP contribution in [0.1, 0.15) is 11.9 Å². The van der Waals surface area contributed by atoms with Crippen molar-refractivity contribution >= 4 is 17.7 Å². The molecule has 1 aromatic rings. The summed E-state index contributed by atoms with van der Waals surface area (Å²) in [7, 11) is 0. The van der Waals surface area contributed by atoms with Crippen LogP contribution in [0.25, 0.3) is 0 Å². The van der Waals surface area contributed by atoms with E-state index in [1.54, 1.807) is 0 Å². The first-order valence-electron chi connectivity index (χ1n) is 3.20. The first-order valence-corrected chi connectivity index (χ1v) is 3.58. The van der Waals surface area contributed by atoms with Crippen LogP contribution in [0.3, 0.4) is 0 Å². The maximum atomic E-state index is 12.8. The molecule has 1 rings (SSSR count). The van der Waals surface area contributed by atoms with Crippen molar-refractivity contribution in [1.82, 2.24) is 0 Å². The molecule has 0 saturated heterocycles. The monoisotopic (exact) mass is 185 g/mol. The minimum absolute atomic E-state index is 0.294. The first kappa shape index (κ1) is 8.91. The maximum absolute atomic E-state index is 12.8. The molecule has 1 atom stereocenters. The van der Waals surface area contributed by atoms with Crippen molar-refractivity contribution in [2.75, 3.05) is 0 Å². The third-order valence-electron chi connectivity index (χ3n) is 1.31. The lowest BCUT2D eigenvalue weighted by Crippen LogP contribution is -1.85. The third-order valence-corrected chi connectivity index (χ3v) is 1.56. The van der Waals surface area contributed by atoms with Crippen LogP contribution in [-0.4, -0.2) is 6.08 Å². The van der Waals surface area contributed by atoms with E-state index >= 15 is 0 Å². The van der Waals surface area contributed by atoms with Crippen molar-refractivity contribution in [1.29, 1.82) is 0 Å². The molecule has 0 aliphatic carbocycles. The number of alkyl halides is 1. The number of hydrogen-bond acceptors (Lipinski definition) is 2. The van der Waals surface area contributed by atoms with E-state index in [0.29, 0.717) is 10.6 Å². The molecule has 0 heterocycles. The fourth-order valence-corrected chi connectivity index (χ4v) is 0.868. The summed E-state index contributed by atoms with van der Waals surface area (Å²) in [6.07, 6.45) is -0.492. The second-order valence-corrected chi connectivity index (χ2v) is 2.54. The number of benzene rings is 1. The van der Waals surface area contributed by atoms with E-state index in [9.17, 15) is 9.18 Å². The van der Waals surface area contributed by atoms with Crippen LogP contribution in [0.2, 0.25) is 5.02 Å². The second kappa shape index (κ2) is 4.00. The highest BCUT2D eigenvalue weighted by atomic mass is 35.5. The van der Waals surface area contributed by atoms with Crippen LogP contribution in [-0.2, 0) is 4.79 Å². The lowest BCUT2D eigenvalue weighted by molar-refractivity contribution is 0.356. The average Bonchev–Trinajstić information content (AvgIpc) is 2.06. The summed E-state index contributed by atoms with van der Waals surface area (Å²) >= 11 is 5.56. The van der Waals surface area contributed by atoms with E-state index in [2.05, 4.69) is 4.99 Å². The molecular weight excluding hydrogens is 181 g/mol. The standard InChI is InChI=1S/C8H5ClFNO/c9-7-3-1-6(2-4-7)8(10)11-5-12/h1-4,8H. The third kappa shape index (κ3) is 2.16. The molecule has 0 N–H and O–H groups in total. The Morgan fingerprint density at radius 1 is 1.42 bits per heavy atom. The lowest BCUT2D eigenvalue weighted by atomic mass is 10.2. The molecule has 0 aliphatic rings. The molecule has 0 amide bonds. The van der Waals surface area contributed by atoms with Crippen LogP contribution in [0.15, 0.2) is 29.3 Å². The summed E-state index contributed by atoms with van der Waals surface area (Å²) in [6.45, 7) is 0. The zero-order valence-corrected chi connectivity index (χ0v) is 6.75. The largest absolute Gasteiger partial charge is 0.238 e. The van der Waals surface area contributed by atoms with Crippen molar-refractivity contribution in [3.8, 4) is 0 Å². The van der Waals surface area contributed by atoms with Crippen LogP contribution < -0.4 is 0 Å². The fraction of sp³-hybridized carbons (Fsp3) is 0.125. The zero-order chi connectivity index (χ0) is 8.97. The minimum atomic E-state index is -1.64.